The molecule has 0 radical (unpaired) electrons. The number of thiazole rings is 1. The van der Waals surface area contributed by atoms with E-state index in [1.165, 1.54) is 12.0 Å². The van der Waals surface area contributed by atoms with Crippen LogP contribution in [0.3, 0.4) is 0 Å². The van der Waals surface area contributed by atoms with E-state index in [2.05, 4.69) is 4.98 Å². The summed E-state index contributed by atoms with van der Waals surface area (Å²) in [7, 11) is 1.53. The van der Waals surface area contributed by atoms with Crippen LogP contribution in [-0.2, 0) is 20.1 Å². The molecule has 1 heterocycles. The van der Waals surface area contributed by atoms with Gasteiger partial charge in [0.15, 0.2) is 5.13 Å². The molecule has 0 aliphatic carbocycles. The second-order valence-electron chi connectivity index (χ2n) is 5.75. The molecule has 0 bridgehead atoms. The molecule has 9 heteroatoms. The van der Waals surface area contributed by atoms with E-state index in [-0.39, 0.29) is 23.9 Å². The lowest BCUT2D eigenvalue weighted by molar-refractivity contribution is 0.0528. The quantitative estimate of drug-likeness (QED) is 0.534. The van der Waals surface area contributed by atoms with E-state index in [1.807, 2.05) is 0 Å². The summed E-state index contributed by atoms with van der Waals surface area (Å²) >= 11 is 6.91. The highest BCUT2D eigenvalue weighted by atomic mass is 35.5. The van der Waals surface area contributed by atoms with E-state index in [0.717, 1.165) is 11.3 Å². The predicted octanol–water partition coefficient (Wildman–Crippen LogP) is 3.45. The molecule has 0 aliphatic rings. The lowest BCUT2D eigenvalue weighted by atomic mass is 10.2. The van der Waals surface area contributed by atoms with Crippen molar-refractivity contribution in [3.63, 3.8) is 0 Å². The number of hydrogen-bond donors (Lipinski definition) is 0. The number of carbonyl (C=O) groups excluding carboxylic acids is 2. The van der Waals surface area contributed by atoms with Crippen LogP contribution in [0.25, 0.3) is 0 Å². The smallest absolute Gasteiger partial charge is 0.416 e. The maximum atomic E-state index is 12.4. The van der Waals surface area contributed by atoms with Crippen molar-refractivity contribution < 1.29 is 23.8 Å². The third kappa shape index (κ3) is 5.92. The van der Waals surface area contributed by atoms with E-state index < -0.39 is 17.7 Å². The van der Waals surface area contributed by atoms with Crippen molar-refractivity contribution in [1.82, 2.24) is 4.98 Å². The molecule has 0 aliphatic heterocycles. The number of halogens is 1. The molecule has 1 aromatic heterocycles. The van der Waals surface area contributed by atoms with E-state index in [0.29, 0.717) is 17.4 Å². The Morgan fingerprint density at radius 1 is 1.33 bits per heavy atom. The Morgan fingerprint density at radius 2 is 2.00 bits per heavy atom. The van der Waals surface area contributed by atoms with Crippen LogP contribution in [0.4, 0.5) is 9.93 Å². The number of ether oxygens (including phenoxy) is 3. The standard InChI is InChI=1S/C15H23ClN2O5S/c1-6-22-12(19)11-10(9-16)17-13(24-11)18(7-8-21-5)14(20)23-15(2,3)4/h6-9H2,1-5H3. The van der Waals surface area contributed by atoms with Gasteiger partial charge >= 0.3 is 12.1 Å². The van der Waals surface area contributed by atoms with Crippen LogP contribution in [0.5, 0.6) is 0 Å². The van der Waals surface area contributed by atoms with E-state index in [1.54, 1.807) is 27.7 Å². The molecule has 136 valence electrons. The van der Waals surface area contributed by atoms with Gasteiger partial charge in [-0.15, -0.1) is 11.6 Å². The molecule has 0 aromatic carbocycles. The molecule has 0 fully saturated rings. The predicted molar refractivity (Wildman–Crippen MR) is 93.1 cm³/mol. The number of anilines is 1. The van der Waals surface area contributed by atoms with Crippen molar-refractivity contribution in [1.29, 1.82) is 0 Å². The van der Waals surface area contributed by atoms with Crippen molar-refractivity contribution in [2.24, 2.45) is 0 Å². The third-order valence-corrected chi connectivity index (χ3v) is 3.99. The molecule has 0 spiro atoms. The molecular formula is C15H23ClN2O5S. The van der Waals surface area contributed by atoms with Gasteiger partial charge in [0.25, 0.3) is 0 Å². The van der Waals surface area contributed by atoms with Gasteiger partial charge in [0.05, 0.1) is 31.3 Å². The molecule has 0 saturated carbocycles. The van der Waals surface area contributed by atoms with Crippen LogP contribution < -0.4 is 4.90 Å². The van der Waals surface area contributed by atoms with Gasteiger partial charge in [0, 0.05) is 7.11 Å². The second-order valence-corrected chi connectivity index (χ2v) is 7.00. The third-order valence-electron chi connectivity index (χ3n) is 2.64. The summed E-state index contributed by atoms with van der Waals surface area (Å²) in [5.74, 6) is -0.468. The van der Waals surface area contributed by atoms with Crippen molar-refractivity contribution >= 4 is 40.1 Å². The van der Waals surface area contributed by atoms with E-state index in [4.69, 9.17) is 25.8 Å². The van der Waals surface area contributed by atoms with Crippen molar-refractivity contribution in [3.05, 3.63) is 10.6 Å². The molecular weight excluding hydrogens is 356 g/mol. The first kappa shape index (κ1) is 20.7. The van der Waals surface area contributed by atoms with Gasteiger partial charge in [-0.2, -0.15) is 0 Å². The van der Waals surface area contributed by atoms with Crippen molar-refractivity contribution in [2.45, 2.75) is 39.2 Å². The van der Waals surface area contributed by atoms with Crippen LogP contribution in [0.15, 0.2) is 0 Å². The highest BCUT2D eigenvalue weighted by molar-refractivity contribution is 7.17. The maximum absolute atomic E-state index is 12.4. The van der Waals surface area contributed by atoms with Gasteiger partial charge in [-0.25, -0.2) is 14.6 Å². The minimum Gasteiger partial charge on any atom is -0.462 e. The largest absolute Gasteiger partial charge is 0.462 e. The molecule has 0 N–H and O–H groups in total. The van der Waals surface area contributed by atoms with Crippen LogP contribution in [0.2, 0.25) is 0 Å². The fourth-order valence-electron chi connectivity index (χ4n) is 1.67. The van der Waals surface area contributed by atoms with Gasteiger partial charge in [-0.3, -0.25) is 4.90 Å². The number of nitrogens with zero attached hydrogens (tertiary/aromatic N) is 2. The Bertz CT molecular complexity index is 571. The lowest BCUT2D eigenvalue weighted by Gasteiger charge is -2.25. The number of methoxy groups -OCH3 is 1. The average molecular weight is 379 g/mol. The molecule has 1 amide bonds. The normalized spacial score (nSPS) is 11.2. The number of rotatable bonds is 7. The lowest BCUT2D eigenvalue weighted by Crippen LogP contribution is -2.38. The van der Waals surface area contributed by atoms with Crippen LogP contribution in [-0.4, -0.2) is 49.5 Å². The number of hydrogen-bond acceptors (Lipinski definition) is 7. The summed E-state index contributed by atoms with van der Waals surface area (Å²) in [6.07, 6.45) is -0.565. The number of aromatic nitrogens is 1. The summed E-state index contributed by atoms with van der Waals surface area (Å²) in [4.78, 5) is 30.3. The SMILES string of the molecule is CCOC(=O)c1sc(N(CCOC)C(=O)OC(C)(C)C)nc1CCl. The Balaban J connectivity index is 3.13. The molecule has 0 saturated heterocycles. The Hall–Kier alpha value is -1.38. The maximum Gasteiger partial charge on any atom is 0.416 e. The Morgan fingerprint density at radius 3 is 2.50 bits per heavy atom. The van der Waals surface area contributed by atoms with Gasteiger partial charge in [-0.05, 0) is 27.7 Å². The minimum absolute atomic E-state index is 0.0388. The first-order chi connectivity index (χ1) is 11.2. The van der Waals surface area contributed by atoms with Gasteiger partial charge in [-0.1, -0.05) is 11.3 Å². The van der Waals surface area contributed by atoms with Crippen LogP contribution in [0, 0.1) is 0 Å². The molecule has 1 rings (SSSR count). The minimum atomic E-state index is -0.654. The fourth-order valence-corrected chi connectivity index (χ4v) is 2.93. The highest BCUT2D eigenvalue weighted by Crippen LogP contribution is 2.29. The van der Waals surface area contributed by atoms with E-state index >= 15 is 0 Å². The summed E-state index contributed by atoms with van der Waals surface area (Å²) in [5.41, 5.74) is -0.278. The van der Waals surface area contributed by atoms with Crippen LogP contribution in [0.1, 0.15) is 43.1 Å². The topological polar surface area (TPSA) is 78.0 Å². The number of carbonyl (C=O) groups is 2. The molecule has 24 heavy (non-hydrogen) atoms. The van der Waals surface area contributed by atoms with Crippen molar-refractivity contribution in [2.75, 3.05) is 31.8 Å². The zero-order valence-corrected chi connectivity index (χ0v) is 16.1. The zero-order chi connectivity index (χ0) is 18.3. The number of esters is 1. The first-order valence-corrected chi connectivity index (χ1v) is 8.80. The second kappa shape index (κ2) is 9.19. The Labute approximate surface area is 150 Å². The summed E-state index contributed by atoms with van der Waals surface area (Å²) in [5, 5.41) is 0.319. The zero-order valence-electron chi connectivity index (χ0n) is 14.6. The monoisotopic (exact) mass is 378 g/mol. The van der Waals surface area contributed by atoms with Gasteiger partial charge < -0.3 is 14.2 Å². The molecule has 7 nitrogen and oxygen atoms in total. The first-order valence-electron chi connectivity index (χ1n) is 7.45. The van der Waals surface area contributed by atoms with Gasteiger partial charge in [0.2, 0.25) is 0 Å². The Kier molecular flexibility index (Phi) is 7.92. The van der Waals surface area contributed by atoms with Crippen LogP contribution >= 0.6 is 22.9 Å². The highest BCUT2D eigenvalue weighted by Gasteiger charge is 2.28. The number of amides is 1. The van der Waals surface area contributed by atoms with Gasteiger partial charge in [0.1, 0.15) is 10.5 Å². The average Bonchev–Trinajstić information content (AvgIpc) is 2.90. The fraction of sp³-hybridized carbons (Fsp3) is 0.667. The molecule has 0 atom stereocenters. The molecule has 1 aromatic rings. The summed E-state index contributed by atoms with van der Waals surface area (Å²) < 4.78 is 15.4. The van der Waals surface area contributed by atoms with Crippen molar-refractivity contribution in [3.8, 4) is 0 Å². The summed E-state index contributed by atoms with van der Waals surface area (Å²) in [6, 6.07) is 0. The summed E-state index contributed by atoms with van der Waals surface area (Å²) in [6.45, 7) is 7.81. The molecule has 0 unspecified atom stereocenters. The number of alkyl halides is 1. The van der Waals surface area contributed by atoms with E-state index in [9.17, 15) is 9.59 Å².